The minimum Gasteiger partial charge on any atom is -0.300 e. The van der Waals surface area contributed by atoms with Crippen LogP contribution in [-0.2, 0) is 10.3 Å². The number of anilines is 1. The van der Waals surface area contributed by atoms with E-state index in [-0.39, 0.29) is 17.4 Å². The summed E-state index contributed by atoms with van der Waals surface area (Å²) in [5.74, 6) is -0.805. The van der Waals surface area contributed by atoms with E-state index in [2.05, 4.69) is 0 Å². The number of nitrogens with zero attached hydrogens (tertiary/aromatic N) is 2. The Bertz CT molecular complexity index is 1100. The molecule has 3 heterocycles. The normalized spacial score (nSPS) is 22.0. The Morgan fingerprint density at radius 3 is 2.73 bits per heavy atom. The van der Waals surface area contributed by atoms with Gasteiger partial charge in [-0.05, 0) is 50.1 Å². The Morgan fingerprint density at radius 1 is 1.08 bits per heavy atom. The van der Waals surface area contributed by atoms with Gasteiger partial charge >= 0.3 is 0 Å². The van der Waals surface area contributed by atoms with Crippen molar-refractivity contribution in [2.75, 3.05) is 4.90 Å². The maximum atomic E-state index is 14.0. The number of carbonyl (C=O) groups is 2. The molecule has 2 aromatic carbocycles. The van der Waals surface area contributed by atoms with Crippen LogP contribution in [0.3, 0.4) is 0 Å². The van der Waals surface area contributed by atoms with Crippen molar-refractivity contribution in [2.24, 2.45) is 0 Å². The van der Waals surface area contributed by atoms with Gasteiger partial charge in [0, 0.05) is 11.8 Å². The lowest BCUT2D eigenvalue weighted by molar-refractivity contribution is -0.121. The summed E-state index contributed by atoms with van der Waals surface area (Å²) in [7, 11) is 0. The molecule has 1 atom stereocenters. The molecule has 2 aliphatic rings. The number of benzene rings is 2. The van der Waals surface area contributed by atoms with Gasteiger partial charge in [-0.25, -0.2) is 4.39 Å². The van der Waals surface area contributed by atoms with E-state index < -0.39 is 11.4 Å². The first-order chi connectivity index (χ1) is 12.5. The number of piperidine rings is 1. The lowest BCUT2D eigenvalue weighted by Gasteiger charge is -2.44. The number of rotatable bonds is 0. The minimum absolute atomic E-state index is 0.0295. The van der Waals surface area contributed by atoms with Crippen LogP contribution >= 0.6 is 0 Å². The van der Waals surface area contributed by atoms with Crippen LogP contribution in [-0.4, -0.2) is 16.4 Å². The fourth-order valence-electron chi connectivity index (χ4n) is 4.49. The van der Waals surface area contributed by atoms with Gasteiger partial charge in [0.1, 0.15) is 5.82 Å². The summed E-state index contributed by atoms with van der Waals surface area (Å²) in [5, 5.41) is 0.940. The highest BCUT2D eigenvalue weighted by molar-refractivity contribution is 6.11. The third-order valence-electron chi connectivity index (χ3n) is 5.69. The average Bonchev–Trinajstić information content (AvgIpc) is 2.99. The molecule has 1 amide bonds. The molecule has 2 aliphatic heterocycles. The molecular weight excluding hydrogens is 331 g/mol. The number of aromatic nitrogens is 1. The molecule has 1 saturated heterocycles. The number of hydrogen-bond acceptors (Lipinski definition) is 2. The Balaban J connectivity index is 1.94. The van der Waals surface area contributed by atoms with Crippen molar-refractivity contribution in [2.45, 2.75) is 31.7 Å². The molecule has 1 fully saturated rings. The predicted octanol–water partition coefficient (Wildman–Crippen LogP) is 4.21. The van der Waals surface area contributed by atoms with Crippen molar-refractivity contribution in [1.29, 1.82) is 0 Å². The molecule has 0 aliphatic carbocycles. The van der Waals surface area contributed by atoms with Crippen molar-refractivity contribution in [3.63, 3.8) is 0 Å². The van der Waals surface area contributed by atoms with Crippen LogP contribution in [0, 0.1) is 5.82 Å². The van der Waals surface area contributed by atoms with E-state index in [0.29, 0.717) is 12.1 Å². The molecule has 0 radical (unpaired) electrons. The summed E-state index contributed by atoms with van der Waals surface area (Å²) in [4.78, 5) is 28.0. The molecule has 0 bridgehead atoms. The lowest BCUT2D eigenvalue weighted by Crippen LogP contribution is -2.51. The van der Waals surface area contributed by atoms with E-state index in [1.807, 2.05) is 37.3 Å². The summed E-state index contributed by atoms with van der Waals surface area (Å²) < 4.78 is 15.6. The van der Waals surface area contributed by atoms with Gasteiger partial charge in [0.25, 0.3) is 5.91 Å². The molecule has 5 heteroatoms. The minimum atomic E-state index is -0.646. The third-order valence-corrected chi connectivity index (χ3v) is 5.69. The number of amides is 1. The smallest absolute Gasteiger partial charge is 0.264 e. The Hall–Kier alpha value is -2.95. The standard InChI is InChI=1S/C21H17FN2O2/c1-21-10-4-7-19(25)24(21)17-9-8-14(22)12-15(17)20(26)23-16-6-3-2-5-13(16)11-18(21)23/h2-3,5-6,8-9,11-12H,4,7,10H2,1H3. The Kier molecular flexibility index (Phi) is 2.97. The zero-order chi connectivity index (χ0) is 18.1. The fraction of sp³-hybridized carbons (Fsp3) is 0.238. The second-order valence-corrected chi connectivity index (χ2v) is 7.25. The second kappa shape index (κ2) is 5.04. The summed E-state index contributed by atoms with van der Waals surface area (Å²) >= 11 is 0. The highest BCUT2D eigenvalue weighted by Crippen LogP contribution is 2.46. The van der Waals surface area contributed by atoms with E-state index in [1.54, 1.807) is 15.5 Å². The summed E-state index contributed by atoms with van der Waals surface area (Å²) in [6.07, 6.45) is 1.94. The first kappa shape index (κ1) is 15.3. The highest BCUT2D eigenvalue weighted by Gasteiger charge is 2.47. The number of carbonyl (C=O) groups excluding carboxylic acids is 2. The van der Waals surface area contributed by atoms with Gasteiger partial charge in [-0.3, -0.25) is 14.2 Å². The summed E-state index contributed by atoms with van der Waals surface area (Å²) in [6, 6.07) is 13.7. The summed E-state index contributed by atoms with van der Waals surface area (Å²) in [6.45, 7) is 2.00. The number of fused-ring (bicyclic) bond motifs is 7. The quantitative estimate of drug-likeness (QED) is 0.611. The van der Waals surface area contributed by atoms with Crippen LogP contribution in [0.15, 0.2) is 48.5 Å². The van der Waals surface area contributed by atoms with Gasteiger partial charge in [-0.2, -0.15) is 0 Å². The molecule has 0 saturated carbocycles. The van der Waals surface area contributed by atoms with Crippen LogP contribution in [0.4, 0.5) is 10.1 Å². The van der Waals surface area contributed by atoms with Gasteiger partial charge in [0.15, 0.2) is 0 Å². The fourth-order valence-corrected chi connectivity index (χ4v) is 4.49. The number of hydrogen-bond donors (Lipinski definition) is 0. The zero-order valence-electron chi connectivity index (χ0n) is 14.3. The molecule has 4 nitrogen and oxygen atoms in total. The monoisotopic (exact) mass is 348 g/mol. The molecule has 1 unspecified atom stereocenters. The van der Waals surface area contributed by atoms with E-state index in [9.17, 15) is 14.0 Å². The van der Waals surface area contributed by atoms with Crippen molar-refractivity contribution < 1.29 is 14.0 Å². The van der Waals surface area contributed by atoms with Crippen LogP contribution in [0.25, 0.3) is 10.9 Å². The molecule has 0 spiro atoms. The predicted molar refractivity (Wildman–Crippen MR) is 96.8 cm³/mol. The van der Waals surface area contributed by atoms with E-state index in [4.69, 9.17) is 0 Å². The van der Waals surface area contributed by atoms with Crippen LogP contribution in [0.2, 0.25) is 0 Å². The van der Waals surface area contributed by atoms with Crippen molar-refractivity contribution in [3.05, 3.63) is 65.6 Å². The van der Waals surface area contributed by atoms with Crippen LogP contribution in [0.5, 0.6) is 0 Å². The molecule has 1 aromatic heterocycles. The average molecular weight is 348 g/mol. The van der Waals surface area contributed by atoms with Gasteiger partial charge in [0.2, 0.25) is 5.91 Å². The van der Waals surface area contributed by atoms with Crippen molar-refractivity contribution in [1.82, 2.24) is 4.57 Å². The third kappa shape index (κ3) is 1.83. The maximum absolute atomic E-state index is 14.0. The van der Waals surface area contributed by atoms with Gasteiger partial charge in [-0.15, -0.1) is 0 Å². The Labute approximate surface area is 149 Å². The second-order valence-electron chi connectivity index (χ2n) is 7.25. The van der Waals surface area contributed by atoms with Gasteiger partial charge in [0.05, 0.1) is 28.0 Å². The van der Waals surface area contributed by atoms with Gasteiger partial charge in [-0.1, -0.05) is 18.2 Å². The van der Waals surface area contributed by atoms with Crippen molar-refractivity contribution in [3.8, 4) is 0 Å². The van der Waals surface area contributed by atoms with E-state index in [0.717, 1.165) is 29.4 Å². The molecule has 26 heavy (non-hydrogen) atoms. The first-order valence-corrected chi connectivity index (χ1v) is 8.79. The van der Waals surface area contributed by atoms with Gasteiger partial charge < -0.3 is 4.90 Å². The topological polar surface area (TPSA) is 42.3 Å². The molecule has 3 aromatic rings. The SMILES string of the molecule is CC12CCCC(=O)N1c1ccc(F)cc1C(=O)n1c2cc2ccccc21. The lowest BCUT2D eigenvalue weighted by atomic mass is 9.84. The number of para-hydroxylation sites is 1. The number of halogens is 1. The molecule has 130 valence electrons. The van der Waals surface area contributed by atoms with E-state index in [1.165, 1.54) is 12.1 Å². The summed E-state index contributed by atoms with van der Waals surface area (Å²) in [5.41, 5.74) is 1.65. The maximum Gasteiger partial charge on any atom is 0.264 e. The van der Waals surface area contributed by atoms with Crippen LogP contribution < -0.4 is 4.90 Å². The zero-order valence-corrected chi connectivity index (χ0v) is 14.3. The molecule has 5 rings (SSSR count). The Morgan fingerprint density at radius 2 is 1.88 bits per heavy atom. The molecular formula is C21H17FN2O2. The highest BCUT2D eigenvalue weighted by atomic mass is 19.1. The van der Waals surface area contributed by atoms with E-state index >= 15 is 0 Å². The molecule has 0 N–H and O–H groups in total. The largest absolute Gasteiger partial charge is 0.300 e. The van der Waals surface area contributed by atoms with Crippen molar-refractivity contribution >= 4 is 28.4 Å². The van der Waals surface area contributed by atoms with Crippen LogP contribution in [0.1, 0.15) is 42.2 Å². The first-order valence-electron chi connectivity index (χ1n) is 8.79.